The molecule has 0 aliphatic heterocycles. The first-order valence-corrected chi connectivity index (χ1v) is 11.7. The van der Waals surface area contributed by atoms with E-state index in [2.05, 4.69) is 0 Å². The fourth-order valence-corrected chi connectivity index (χ4v) is 3.81. The van der Waals surface area contributed by atoms with Gasteiger partial charge in [-0.25, -0.2) is 0 Å². The standard InChI is InChI=1S/C18H25F3O2.C9H10O2/c1-12-13(2)17(23)15(14(3)16(12)22)10-8-6-4-5-7-9-11-18(19,20)21;1-5-4-8(10)6(2)7(3)9(5)11/h4-11H2,1-3H3;4H,1-3H3. The van der Waals surface area contributed by atoms with E-state index in [0.29, 0.717) is 51.9 Å². The van der Waals surface area contributed by atoms with Gasteiger partial charge in [0, 0.05) is 45.4 Å². The topological polar surface area (TPSA) is 68.3 Å². The summed E-state index contributed by atoms with van der Waals surface area (Å²) in [5, 5.41) is 0. The molecular formula is C27H35F3O4. The molecule has 2 aliphatic carbocycles. The molecule has 0 atom stereocenters. The van der Waals surface area contributed by atoms with Crippen LogP contribution in [0.1, 0.15) is 92.9 Å². The van der Waals surface area contributed by atoms with Crippen LogP contribution in [-0.4, -0.2) is 29.3 Å². The Balaban J connectivity index is 0.000000437. The number of alkyl halides is 3. The second-order valence-corrected chi connectivity index (χ2v) is 9.02. The molecule has 0 saturated carbocycles. The number of allylic oxidation sites excluding steroid dienone is 8. The third-order valence-corrected chi connectivity index (χ3v) is 6.43. The van der Waals surface area contributed by atoms with Crippen molar-refractivity contribution in [1.82, 2.24) is 0 Å². The van der Waals surface area contributed by atoms with Crippen LogP contribution in [0.2, 0.25) is 0 Å². The smallest absolute Gasteiger partial charge is 0.290 e. The summed E-state index contributed by atoms with van der Waals surface area (Å²) in [6.07, 6.45) is 1.27. The largest absolute Gasteiger partial charge is 0.389 e. The monoisotopic (exact) mass is 480 g/mol. The Morgan fingerprint density at radius 1 is 0.588 bits per heavy atom. The van der Waals surface area contributed by atoms with Gasteiger partial charge in [0.05, 0.1) is 0 Å². The molecule has 188 valence electrons. The number of carbonyl (C=O) groups is 4. The average molecular weight is 481 g/mol. The van der Waals surface area contributed by atoms with Crippen LogP contribution in [0.3, 0.4) is 0 Å². The number of rotatable bonds is 8. The summed E-state index contributed by atoms with van der Waals surface area (Å²) in [5.74, 6) is -0.143. The number of hydrogen-bond donors (Lipinski definition) is 0. The molecule has 0 heterocycles. The minimum atomic E-state index is -4.05. The normalized spacial score (nSPS) is 17.4. The summed E-state index contributed by atoms with van der Waals surface area (Å²) in [7, 11) is 0. The number of halogens is 3. The van der Waals surface area contributed by atoms with E-state index in [1.54, 1.807) is 41.5 Å². The lowest BCUT2D eigenvalue weighted by Gasteiger charge is -2.18. The van der Waals surface area contributed by atoms with Gasteiger partial charge in [-0.1, -0.05) is 25.7 Å². The maximum Gasteiger partial charge on any atom is 0.389 e. The Labute approximate surface area is 200 Å². The first-order valence-electron chi connectivity index (χ1n) is 11.7. The highest BCUT2D eigenvalue weighted by Crippen LogP contribution is 2.28. The number of ketones is 4. The van der Waals surface area contributed by atoms with Crippen molar-refractivity contribution in [3.8, 4) is 0 Å². The molecular weight excluding hydrogens is 445 g/mol. The molecule has 0 radical (unpaired) electrons. The van der Waals surface area contributed by atoms with E-state index in [-0.39, 0.29) is 29.6 Å². The summed E-state index contributed by atoms with van der Waals surface area (Å²) in [5.41, 5.74) is 3.90. The number of carbonyl (C=O) groups excluding carboxylic acids is 4. The molecule has 0 amide bonds. The Kier molecular flexibility index (Phi) is 11.1. The van der Waals surface area contributed by atoms with E-state index in [1.807, 2.05) is 0 Å². The summed E-state index contributed by atoms with van der Waals surface area (Å²) in [6, 6.07) is 0. The third kappa shape index (κ3) is 8.33. The maximum absolute atomic E-state index is 12.2. The molecule has 0 unspecified atom stereocenters. The fourth-order valence-electron chi connectivity index (χ4n) is 3.81. The molecule has 4 nitrogen and oxygen atoms in total. The van der Waals surface area contributed by atoms with Gasteiger partial charge in [-0.3, -0.25) is 19.2 Å². The van der Waals surface area contributed by atoms with Crippen molar-refractivity contribution in [3.05, 3.63) is 45.1 Å². The summed E-state index contributed by atoms with van der Waals surface area (Å²) < 4.78 is 36.0. The van der Waals surface area contributed by atoms with Crippen molar-refractivity contribution in [2.45, 2.75) is 99.1 Å². The lowest BCUT2D eigenvalue weighted by Crippen LogP contribution is -2.20. The Hall–Kier alpha value is -2.57. The van der Waals surface area contributed by atoms with Crippen molar-refractivity contribution >= 4 is 23.1 Å². The molecule has 0 spiro atoms. The molecule has 0 bridgehead atoms. The van der Waals surface area contributed by atoms with E-state index in [0.717, 1.165) is 25.7 Å². The predicted octanol–water partition coefficient (Wildman–Crippen LogP) is 6.90. The van der Waals surface area contributed by atoms with Crippen LogP contribution in [0.5, 0.6) is 0 Å². The SMILES string of the molecule is CC1=C(C)C(=O)C(CCCCCCCCC(F)(F)F)=C(C)C1=O.CC1=CC(=O)C(C)=C(C)C1=O. The zero-order chi connectivity index (χ0) is 26.2. The van der Waals surface area contributed by atoms with E-state index >= 15 is 0 Å². The van der Waals surface area contributed by atoms with Gasteiger partial charge >= 0.3 is 6.18 Å². The second kappa shape index (κ2) is 12.8. The van der Waals surface area contributed by atoms with Crippen molar-refractivity contribution in [2.75, 3.05) is 0 Å². The van der Waals surface area contributed by atoms with Gasteiger partial charge in [0.1, 0.15) is 0 Å². The van der Waals surface area contributed by atoms with Crippen LogP contribution in [0, 0.1) is 0 Å². The zero-order valence-electron chi connectivity index (χ0n) is 21.0. The second-order valence-electron chi connectivity index (χ2n) is 9.02. The lowest BCUT2D eigenvalue weighted by molar-refractivity contribution is -0.135. The molecule has 0 aromatic heterocycles. The van der Waals surface area contributed by atoms with Gasteiger partial charge < -0.3 is 0 Å². The fraction of sp³-hybridized carbons (Fsp3) is 0.556. The maximum atomic E-state index is 12.2. The molecule has 0 aromatic carbocycles. The van der Waals surface area contributed by atoms with E-state index in [1.165, 1.54) is 6.08 Å². The van der Waals surface area contributed by atoms with Crippen LogP contribution >= 0.6 is 0 Å². The Morgan fingerprint density at radius 3 is 1.62 bits per heavy atom. The molecule has 0 aromatic rings. The van der Waals surface area contributed by atoms with Crippen molar-refractivity contribution in [2.24, 2.45) is 0 Å². The highest BCUT2D eigenvalue weighted by Gasteiger charge is 2.27. The summed E-state index contributed by atoms with van der Waals surface area (Å²) in [6.45, 7) is 10.1. The van der Waals surface area contributed by atoms with Gasteiger partial charge in [0.2, 0.25) is 0 Å². The Bertz CT molecular complexity index is 972. The zero-order valence-corrected chi connectivity index (χ0v) is 21.0. The Morgan fingerprint density at radius 2 is 1.06 bits per heavy atom. The van der Waals surface area contributed by atoms with Gasteiger partial charge in [-0.05, 0) is 66.9 Å². The molecule has 0 N–H and O–H groups in total. The van der Waals surface area contributed by atoms with Crippen LogP contribution in [0.25, 0.3) is 0 Å². The third-order valence-electron chi connectivity index (χ3n) is 6.43. The van der Waals surface area contributed by atoms with Crippen LogP contribution < -0.4 is 0 Å². The molecule has 34 heavy (non-hydrogen) atoms. The number of hydrogen-bond acceptors (Lipinski definition) is 4. The summed E-state index contributed by atoms with van der Waals surface area (Å²) in [4.78, 5) is 46.5. The minimum absolute atomic E-state index is 0.0119. The number of Topliss-reactive ketones (excluding diaryl/α,β-unsaturated/α-hetero) is 3. The molecule has 0 saturated heterocycles. The molecule has 2 aliphatic rings. The molecule has 7 heteroatoms. The highest BCUT2D eigenvalue weighted by atomic mass is 19.4. The van der Waals surface area contributed by atoms with E-state index < -0.39 is 12.6 Å². The van der Waals surface area contributed by atoms with Gasteiger partial charge in [-0.2, -0.15) is 13.2 Å². The minimum Gasteiger partial charge on any atom is -0.290 e. The van der Waals surface area contributed by atoms with E-state index in [4.69, 9.17) is 0 Å². The predicted molar refractivity (Wildman–Crippen MR) is 126 cm³/mol. The van der Waals surface area contributed by atoms with Gasteiger partial charge in [-0.15, -0.1) is 0 Å². The first kappa shape index (κ1) is 29.5. The quantitative estimate of drug-likeness (QED) is 0.280. The number of unbranched alkanes of at least 4 members (excludes halogenated alkanes) is 5. The van der Waals surface area contributed by atoms with Crippen molar-refractivity contribution in [3.63, 3.8) is 0 Å². The molecule has 0 fully saturated rings. The highest BCUT2D eigenvalue weighted by molar-refractivity contribution is 6.24. The van der Waals surface area contributed by atoms with Crippen LogP contribution in [0.4, 0.5) is 13.2 Å². The molecule has 2 rings (SSSR count). The van der Waals surface area contributed by atoms with Crippen molar-refractivity contribution in [1.29, 1.82) is 0 Å². The van der Waals surface area contributed by atoms with E-state index in [9.17, 15) is 32.3 Å². The van der Waals surface area contributed by atoms with Gasteiger partial charge in [0.15, 0.2) is 23.1 Å². The van der Waals surface area contributed by atoms with Crippen molar-refractivity contribution < 1.29 is 32.3 Å². The van der Waals surface area contributed by atoms with Crippen LogP contribution in [-0.2, 0) is 19.2 Å². The van der Waals surface area contributed by atoms with Gasteiger partial charge in [0.25, 0.3) is 0 Å². The lowest BCUT2D eigenvalue weighted by atomic mass is 9.84. The summed E-state index contributed by atoms with van der Waals surface area (Å²) >= 11 is 0. The average Bonchev–Trinajstić information content (AvgIpc) is 2.77. The first-order chi connectivity index (χ1) is 15.7. The van der Waals surface area contributed by atoms with Crippen LogP contribution in [0.15, 0.2) is 45.1 Å².